The van der Waals surface area contributed by atoms with Crippen LogP contribution in [0.3, 0.4) is 0 Å². The number of amides is 3. The third-order valence-electron chi connectivity index (χ3n) is 2.22. The fraction of sp³-hybridized carbons (Fsp3) is 0.100. The number of carbonyl (C=O) groups is 3. The van der Waals surface area contributed by atoms with Gasteiger partial charge in [0.1, 0.15) is 0 Å². The molecule has 0 unspecified atom stereocenters. The van der Waals surface area contributed by atoms with Crippen LogP contribution in [0.25, 0.3) is 0 Å². The van der Waals surface area contributed by atoms with Crippen molar-refractivity contribution in [3.05, 3.63) is 34.4 Å². The van der Waals surface area contributed by atoms with Crippen molar-refractivity contribution in [3.8, 4) is 0 Å². The van der Waals surface area contributed by atoms with E-state index in [0.29, 0.717) is 5.56 Å². The molecule has 0 bridgehead atoms. The zero-order chi connectivity index (χ0) is 12.5. The van der Waals surface area contributed by atoms with Crippen LogP contribution in [-0.2, 0) is 0 Å². The lowest BCUT2D eigenvalue weighted by Gasteiger charge is -2.08. The molecule has 0 saturated carbocycles. The van der Waals surface area contributed by atoms with E-state index in [4.69, 9.17) is 17.2 Å². The number of primary amides is 3. The summed E-state index contributed by atoms with van der Waals surface area (Å²) in [7, 11) is 0. The number of hydrogen-bond acceptors (Lipinski definition) is 3. The van der Waals surface area contributed by atoms with E-state index in [1.54, 1.807) is 0 Å². The van der Waals surface area contributed by atoms with Crippen LogP contribution < -0.4 is 17.2 Å². The van der Waals surface area contributed by atoms with Crippen LogP contribution in [0.1, 0.15) is 36.6 Å². The molecule has 1 rings (SSSR count). The van der Waals surface area contributed by atoms with E-state index in [-0.39, 0.29) is 16.7 Å². The molecule has 0 saturated heterocycles. The van der Waals surface area contributed by atoms with Crippen LogP contribution in [0.5, 0.6) is 0 Å². The van der Waals surface area contributed by atoms with Gasteiger partial charge in [-0.2, -0.15) is 0 Å². The molecule has 6 nitrogen and oxygen atoms in total. The number of nitrogens with two attached hydrogens (primary N) is 3. The van der Waals surface area contributed by atoms with E-state index < -0.39 is 17.7 Å². The van der Waals surface area contributed by atoms with Gasteiger partial charge in [-0.15, -0.1) is 0 Å². The van der Waals surface area contributed by atoms with Crippen LogP contribution in [0.2, 0.25) is 0 Å². The van der Waals surface area contributed by atoms with Gasteiger partial charge in [0.05, 0.1) is 0 Å². The number of benzene rings is 1. The molecule has 0 aliphatic carbocycles. The zero-order valence-electron chi connectivity index (χ0n) is 8.61. The Bertz CT molecular complexity index is 459. The lowest BCUT2D eigenvalue weighted by atomic mass is 9.97. The van der Waals surface area contributed by atoms with Crippen LogP contribution in [0.15, 0.2) is 12.1 Å². The lowest BCUT2D eigenvalue weighted by Crippen LogP contribution is -2.21. The Labute approximate surface area is 91.4 Å². The molecule has 84 valence electrons. The summed E-state index contributed by atoms with van der Waals surface area (Å²) in [5.74, 6) is -2.25. The summed E-state index contributed by atoms with van der Waals surface area (Å²) in [6.07, 6.45) is 0. The summed E-state index contributed by atoms with van der Waals surface area (Å²) in [5, 5.41) is 0. The maximum Gasteiger partial charge on any atom is 0.249 e. The van der Waals surface area contributed by atoms with Crippen molar-refractivity contribution in [2.24, 2.45) is 17.2 Å². The molecule has 0 radical (unpaired) electrons. The second kappa shape index (κ2) is 4.01. The first-order valence-electron chi connectivity index (χ1n) is 4.38. The van der Waals surface area contributed by atoms with Gasteiger partial charge in [0.2, 0.25) is 17.7 Å². The van der Waals surface area contributed by atoms with Crippen molar-refractivity contribution in [2.45, 2.75) is 6.92 Å². The molecular formula is C10H11N3O3. The van der Waals surface area contributed by atoms with Crippen LogP contribution in [-0.4, -0.2) is 17.7 Å². The lowest BCUT2D eigenvalue weighted by molar-refractivity contribution is 0.0998. The highest BCUT2D eigenvalue weighted by Crippen LogP contribution is 2.16. The highest BCUT2D eigenvalue weighted by molar-refractivity contribution is 6.05. The zero-order valence-corrected chi connectivity index (χ0v) is 8.61. The Hall–Kier alpha value is -2.37. The Morgan fingerprint density at radius 2 is 1.25 bits per heavy atom. The Balaban J connectivity index is 3.57. The minimum atomic E-state index is -0.759. The topological polar surface area (TPSA) is 129 Å². The van der Waals surface area contributed by atoms with Gasteiger partial charge < -0.3 is 17.2 Å². The van der Waals surface area contributed by atoms with Crippen molar-refractivity contribution in [1.29, 1.82) is 0 Å². The van der Waals surface area contributed by atoms with Gasteiger partial charge >= 0.3 is 0 Å². The first-order chi connectivity index (χ1) is 7.34. The fourth-order valence-corrected chi connectivity index (χ4v) is 1.37. The van der Waals surface area contributed by atoms with Crippen LogP contribution in [0, 0.1) is 6.92 Å². The second-order valence-electron chi connectivity index (χ2n) is 3.29. The molecule has 3 amide bonds. The molecule has 0 aliphatic rings. The van der Waals surface area contributed by atoms with E-state index in [9.17, 15) is 14.4 Å². The highest BCUT2D eigenvalue weighted by Gasteiger charge is 2.16. The van der Waals surface area contributed by atoms with E-state index in [2.05, 4.69) is 0 Å². The molecule has 0 aromatic heterocycles. The Morgan fingerprint density at radius 3 is 1.50 bits per heavy atom. The number of rotatable bonds is 3. The molecule has 1 aromatic carbocycles. The van der Waals surface area contributed by atoms with Crippen molar-refractivity contribution in [1.82, 2.24) is 0 Å². The second-order valence-corrected chi connectivity index (χ2v) is 3.29. The molecule has 1 aromatic rings. The molecule has 0 fully saturated rings. The third kappa shape index (κ3) is 2.00. The summed E-state index contributed by atoms with van der Waals surface area (Å²) < 4.78 is 0. The summed E-state index contributed by atoms with van der Waals surface area (Å²) in [4.78, 5) is 33.2. The molecule has 0 heterocycles. The van der Waals surface area contributed by atoms with Gasteiger partial charge in [-0.3, -0.25) is 14.4 Å². The minimum Gasteiger partial charge on any atom is -0.366 e. The van der Waals surface area contributed by atoms with Crippen molar-refractivity contribution >= 4 is 17.7 Å². The predicted molar refractivity (Wildman–Crippen MR) is 56.7 cm³/mol. The standard InChI is InChI=1S/C10H11N3O3/c1-4-6(9(12)15)2-5(8(11)14)3-7(4)10(13)16/h2-3H,1H3,(H2,11,14)(H2,12,15)(H2,13,16). The largest absolute Gasteiger partial charge is 0.366 e. The van der Waals surface area contributed by atoms with E-state index in [1.165, 1.54) is 19.1 Å². The molecule has 6 heteroatoms. The van der Waals surface area contributed by atoms with E-state index in [0.717, 1.165) is 0 Å². The van der Waals surface area contributed by atoms with Crippen molar-refractivity contribution in [2.75, 3.05) is 0 Å². The van der Waals surface area contributed by atoms with E-state index >= 15 is 0 Å². The quantitative estimate of drug-likeness (QED) is 0.623. The third-order valence-corrected chi connectivity index (χ3v) is 2.22. The van der Waals surface area contributed by atoms with Crippen LogP contribution >= 0.6 is 0 Å². The normalized spacial score (nSPS) is 9.81. The number of hydrogen-bond donors (Lipinski definition) is 3. The molecule has 0 spiro atoms. The van der Waals surface area contributed by atoms with E-state index in [1.807, 2.05) is 0 Å². The summed E-state index contributed by atoms with van der Waals surface area (Å²) >= 11 is 0. The van der Waals surface area contributed by atoms with Gasteiger partial charge in [-0.25, -0.2) is 0 Å². The van der Waals surface area contributed by atoms with Gasteiger partial charge in [-0.05, 0) is 24.6 Å². The minimum absolute atomic E-state index is 0.0215. The SMILES string of the molecule is Cc1c(C(N)=O)cc(C(N)=O)cc1C(N)=O. The van der Waals surface area contributed by atoms with Crippen LogP contribution in [0.4, 0.5) is 0 Å². The van der Waals surface area contributed by atoms with Crippen molar-refractivity contribution in [3.63, 3.8) is 0 Å². The first kappa shape index (κ1) is 11.7. The maximum absolute atomic E-state index is 11.1. The summed E-state index contributed by atoms with van der Waals surface area (Å²) in [6.45, 7) is 1.52. The molecule has 0 aliphatic heterocycles. The van der Waals surface area contributed by atoms with Crippen molar-refractivity contribution < 1.29 is 14.4 Å². The average molecular weight is 221 g/mol. The first-order valence-corrected chi connectivity index (χ1v) is 4.38. The fourth-order valence-electron chi connectivity index (χ4n) is 1.37. The Morgan fingerprint density at radius 1 is 0.875 bits per heavy atom. The number of carbonyl (C=O) groups excluding carboxylic acids is 3. The predicted octanol–water partition coefficient (Wildman–Crippen LogP) is -0.708. The molecule has 16 heavy (non-hydrogen) atoms. The van der Waals surface area contributed by atoms with Gasteiger partial charge in [0.15, 0.2) is 0 Å². The van der Waals surface area contributed by atoms with Gasteiger partial charge in [0.25, 0.3) is 0 Å². The maximum atomic E-state index is 11.1. The summed E-state index contributed by atoms with van der Waals surface area (Å²) in [6, 6.07) is 2.48. The van der Waals surface area contributed by atoms with Gasteiger partial charge in [-0.1, -0.05) is 0 Å². The smallest absolute Gasteiger partial charge is 0.249 e. The average Bonchev–Trinajstić information content (AvgIpc) is 2.16. The van der Waals surface area contributed by atoms with Gasteiger partial charge in [0, 0.05) is 16.7 Å². The monoisotopic (exact) mass is 221 g/mol. The molecular weight excluding hydrogens is 210 g/mol. The molecule has 6 N–H and O–H groups in total. The highest BCUT2D eigenvalue weighted by atomic mass is 16.2. The summed E-state index contributed by atoms with van der Waals surface area (Å²) in [5.41, 5.74) is 15.8. The Kier molecular flexibility index (Phi) is 2.94. The molecule has 0 atom stereocenters.